The minimum atomic E-state index is -1.79. The van der Waals surface area contributed by atoms with E-state index in [-0.39, 0.29) is 0 Å². The minimum absolute atomic E-state index is 0.547. The average Bonchev–Trinajstić information content (AvgIpc) is 2.77. The van der Waals surface area contributed by atoms with E-state index in [1.165, 1.54) is 0 Å². The van der Waals surface area contributed by atoms with E-state index in [1.807, 2.05) is 0 Å². The predicted molar refractivity (Wildman–Crippen MR) is 57.8 cm³/mol. The highest BCUT2D eigenvalue weighted by Crippen LogP contribution is 2.42. The number of aliphatic hydroxyl groups is 3. The standard InChI is InChI=1S/C8H11Cl3O6/c9-8(10,11)7-16-5-3(14)4(2(13)1-12)15-6(5)17-7/h2-7,12-14H,1H2/t2?,3-,4+,5+,6?,7?/m0/s1. The van der Waals surface area contributed by atoms with Crippen molar-refractivity contribution in [2.75, 3.05) is 6.61 Å². The molecule has 0 aromatic heterocycles. The highest BCUT2D eigenvalue weighted by atomic mass is 35.6. The molecule has 6 atom stereocenters. The zero-order valence-corrected chi connectivity index (χ0v) is 10.6. The van der Waals surface area contributed by atoms with Crippen LogP contribution in [0.25, 0.3) is 0 Å². The van der Waals surface area contributed by atoms with Crippen molar-refractivity contribution < 1.29 is 29.5 Å². The maximum Gasteiger partial charge on any atom is 0.241 e. The Morgan fingerprint density at radius 1 is 1.18 bits per heavy atom. The topological polar surface area (TPSA) is 88.4 Å². The van der Waals surface area contributed by atoms with Crippen molar-refractivity contribution in [1.29, 1.82) is 0 Å². The summed E-state index contributed by atoms with van der Waals surface area (Å²) in [7, 11) is 0. The molecule has 2 aliphatic heterocycles. The summed E-state index contributed by atoms with van der Waals surface area (Å²) in [6.45, 7) is -0.547. The van der Waals surface area contributed by atoms with Crippen molar-refractivity contribution in [3.05, 3.63) is 0 Å². The van der Waals surface area contributed by atoms with Gasteiger partial charge in [0.1, 0.15) is 24.4 Å². The maximum absolute atomic E-state index is 9.81. The summed E-state index contributed by atoms with van der Waals surface area (Å²) < 4.78 is 13.8. The third-order valence-electron chi connectivity index (χ3n) is 2.60. The zero-order chi connectivity index (χ0) is 12.8. The van der Waals surface area contributed by atoms with Crippen LogP contribution >= 0.6 is 34.8 Å². The van der Waals surface area contributed by atoms with Crippen LogP contribution in [0.3, 0.4) is 0 Å². The summed E-state index contributed by atoms with van der Waals surface area (Å²) in [4.78, 5) is 0. The molecule has 0 aromatic carbocycles. The van der Waals surface area contributed by atoms with Gasteiger partial charge < -0.3 is 29.5 Å². The van der Waals surface area contributed by atoms with Crippen LogP contribution in [0, 0.1) is 0 Å². The molecular formula is C8H11Cl3O6. The number of alkyl halides is 3. The molecule has 17 heavy (non-hydrogen) atoms. The fourth-order valence-electron chi connectivity index (χ4n) is 1.79. The average molecular weight is 310 g/mol. The van der Waals surface area contributed by atoms with Gasteiger partial charge in [0.2, 0.25) is 10.1 Å². The fourth-order valence-corrected chi connectivity index (χ4v) is 2.10. The van der Waals surface area contributed by atoms with Gasteiger partial charge in [-0.1, -0.05) is 34.8 Å². The molecule has 0 aliphatic carbocycles. The van der Waals surface area contributed by atoms with Gasteiger partial charge in [0.25, 0.3) is 0 Å². The van der Waals surface area contributed by atoms with E-state index < -0.39 is 47.4 Å². The molecule has 2 aliphatic rings. The van der Waals surface area contributed by atoms with E-state index in [2.05, 4.69) is 0 Å². The second kappa shape index (κ2) is 4.96. The first kappa shape index (κ1) is 14.0. The molecule has 2 saturated heterocycles. The van der Waals surface area contributed by atoms with Crippen molar-refractivity contribution in [1.82, 2.24) is 0 Å². The molecule has 0 amide bonds. The maximum atomic E-state index is 9.81. The van der Waals surface area contributed by atoms with Gasteiger partial charge in [-0.05, 0) is 0 Å². The van der Waals surface area contributed by atoms with Crippen LogP contribution in [0.1, 0.15) is 0 Å². The van der Waals surface area contributed by atoms with Gasteiger partial charge in [0.05, 0.1) is 6.61 Å². The number of aliphatic hydroxyl groups excluding tert-OH is 3. The molecule has 6 nitrogen and oxygen atoms in total. The molecule has 0 radical (unpaired) electrons. The van der Waals surface area contributed by atoms with Crippen molar-refractivity contribution in [2.24, 2.45) is 0 Å². The largest absolute Gasteiger partial charge is 0.394 e. The van der Waals surface area contributed by atoms with Crippen LogP contribution in [0.5, 0.6) is 0 Å². The molecule has 3 N–H and O–H groups in total. The molecule has 0 bridgehead atoms. The summed E-state index contributed by atoms with van der Waals surface area (Å²) in [5.74, 6) is 0. The van der Waals surface area contributed by atoms with Gasteiger partial charge in [0.15, 0.2) is 6.29 Å². The van der Waals surface area contributed by atoms with Gasteiger partial charge >= 0.3 is 0 Å². The number of hydrogen-bond donors (Lipinski definition) is 3. The predicted octanol–water partition coefficient (Wildman–Crippen LogP) is -0.463. The smallest absolute Gasteiger partial charge is 0.241 e. The molecular weight excluding hydrogens is 298 g/mol. The number of fused-ring (bicyclic) bond motifs is 1. The Bertz CT molecular complexity index is 285. The van der Waals surface area contributed by atoms with E-state index >= 15 is 0 Å². The van der Waals surface area contributed by atoms with Crippen molar-refractivity contribution in [2.45, 2.75) is 40.8 Å². The first-order valence-corrected chi connectivity index (χ1v) is 5.98. The first-order valence-electron chi connectivity index (χ1n) is 4.84. The Balaban J connectivity index is 2.01. The highest BCUT2D eigenvalue weighted by molar-refractivity contribution is 6.67. The molecule has 0 aromatic rings. The van der Waals surface area contributed by atoms with Crippen molar-refractivity contribution in [3.63, 3.8) is 0 Å². The molecule has 2 rings (SSSR count). The zero-order valence-electron chi connectivity index (χ0n) is 8.37. The lowest BCUT2D eigenvalue weighted by atomic mass is 10.1. The normalized spacial score (nSPS) is 43.8. The monoisotopic (exact) mass is 308 g/mol. The van der Waals surface area contributed by atoms with Crippen LogP contribution in [-0.2, 0) is 14.2 Å². The summed E-state index contributed by atoms with van der Waals surface area (Å²) in [6, 6.07) is 0. The second-order valence-corrected chi connectivity index (χ2v) is 6.19. The molecule has 9 heteroatoms. The quantitative estimate of drug-likeness (QED) is 0.598. The number of halogens is 3. The van der Waals surface area contributed by atoms with E-state index in [9.17, 15) is 10.2 Å². The lowest BCUT2D eigenvalue weighted by molar-refractivity contribution is -0.188. The lowest BCUT2D eigenvalue weighted by Crippen LogP contribution is -2.42. The van der Waals surface area contributed by atoms with Crippen LogP contribution in [0.15, 0.2) is 0 Å². The molecule has 2 fully saturated rings. The lowest BCUT2D eigenvalue weighted by Gasteiger charge is -2.24. The Labute approximate surface area is 112 Å². The van der Waals surface area contributed by atoms with Gasteiger partial charge in [-0.2, -0.15) is 0 Å². The van der Waals surface area contributed by atoms with E-state index in [0.29, 0.717) is 0 Å². The number of hydrogen-bond acceptors (Lipinski definition) is 6. The second-order valence-electron chi connectivity index (χ2n) is 3.82. The molecule has 3 unspecified atom stereocenters. The summed E-state index contributed by atoms with van der Waals surface area (Å²) in [6.07, 6.45) is -6.33. The Hall–Kier alpha value is 0.630. The number of rotatable bonds is 2. The Morgan fingerprint density at radius 3 is 2.29 bits per heavy atom. The molecule has 100 valence electrons. The third-order valence-corrected chi connectivity index (χ3v) is 3.14. The number of ether oxygens (including phenoxy) is 3. The fraction of sp³-hybridized carbons (Fsp3) is 1.00. The van der Waals surface area contributed by atoms with E-state index in [0.717, 1.165) is 0 Å². The summed E-state index contributed by atoms with van der Waals surface area (Å²) in [5, 5.41) is 28.0. The molecule has 0 spiro atoms. The van der Waals surface area contributed by atoms with Gasteiger partial charge in [-0.25, -0.2) is 0 Å². The van der Waals surface area contributed by atoms with Crippen molar-refractivity contribution >= 4 is 34.8 Å². The Kier molecular flexibility index (Phi) is 4.10. The summed E-state index contributed by atoms with van der Waals surface area (Å²) in [5.41, 5.74) is 0. The minimum Gasteiger partial charge on any atom is -0.394 e. The molecule has 2 heterocycles. The third kappa shape index (κ3) is 2.65. The van der Waals surface area contributed by atoms with Gasteiger partial charge in [-0.3, -0.25) is 0 Å². The van der Waals surface area contributed by atoms with Crippen LogP contribution in [0.2, 0.25) is 0 Å². The first-order chi connectivity index (χ1) is 7.84. The van der Waals surface area contributed by atoms with Crippen LogP contribution < -0.4 is 0 Å². The van der Waals surface area contributed by atoms with E-state index in [4.69, 9.17) is 54.1 Å². The van der Waals surface area contributed by atoms with Crippen LogP contribution in [0.4, 0.5) is 0 Å². The van der Waals surface area contributed by atoms with Crippen LogP contribution in [-0.4, -0.2) is 62.7 Å². The van der Waals surface area contributed by atoms with Gasteiger partial charge in [-0.15, -0.1) is 0 Å². The van der Waals surface area contributed by atoms with Crippen molar-refractivity contribution in [3.8, 4) is 0 Å². The molecule has 0 saturated carbocycles. The summed E-state index contributed by atoms with van der Waals surface area (Å²) >= 11 is 16.7. The van der Waals surface area contributed by atoms with E-state index in [1.54, 1.807) is 0 Å². The SMILES string of the molecule is OCC(O)[C@H]1OC2OC(C(Cl)(Cl)Cl)O[C@@H]2[C@H]1O. The van der Waals surface area contributed by atoms with Gasteiger partial charge in [0, 0.05) is 0 Å². The highest BCUT2D eigenvalue weighted by Gasteiger charge is 2.57. The Morgan fingerprint density at radius 2 is 1.82 bits per heavy atom.